The molecule has 25 heteroatoms. The zero-order valence-electron chi connectivity index (χ0n) is 46.3. The second-order valence-electron chi connectivity index (χ2n) is 20.1. The molecule has 0 unspecified atom stereocenters. The molecule has 6 aromatic carbocycles. The molecule has 1 aliphatic rings. The number of hydrogen-bond acceptors (Lipinski definition) is 13. The highest BCUT2D eigenvalue weighted by Crippen LogP contribution is 2.25. The average Bonchev–Trinajstić information content (AvgIpc) is 3.45. The van der Waals surface area contributed by atoms with Gasteiger partial charge in [-0.15, -0.1) is 0 Å². The SMILES string of the molecule is Cc1ccc(S(=O)(=O)N2CCNCCN(S(=O)(=O)c3ccc(C)cc3)CCN(S(=O)(=O)c3ccc(C)cc3)CCN(S(=O)(=O)c3ccc(C)cc3)CCN(S(=O)(=O)c3ccc(C)cc3)CCN(S(=O)(=O)c3ccc(C)cc3)CC2)cc1. The number of sulfonamides is 6. The molecule has 19 nitrogen and oxygen atoms in total. The molecule has 81 heavy (non-hydrogen) atoms. The third-order valence-corrected chi connectivity index (χ3v) is 25.5. The minimum Gasteiger partial charge on any atom is -0.314 e. The Bertz CT molecular complexity index is 3550. The number of benzene rings is 6. The standard InChI is InChI=1S/C56H71N7O12S6/c1-45-7-19-51(20-8-45)76(64,65)58-33-31-57-32-34-59(77(66,67)52-21-9-46(2)10-22-52)36-38-61(79(70,71)54-25-13-48(4)14-26-54)40-42-63(81(74,75)56-29-17-50(6)18-30-56)44-43-62(80(72,73)55-27-15-49(5)16-28-55)41-39-60(37-35-58)78(68,69)53-23-11-47(3)12-24-53/h7-30,57H,31-44H2,1-6H3. The van der Waals surface area contributed by atoms with Crippen molar-refractivity contribution in [3.63, 3.8) is 0 Å². The largest absolute Gasteiger partial charge is 0.314 e. The molecule has 1 heterocycles. The van der Waals surface area contributed by atoms with Gasteiger partial charge >= 0.3 is 0 Å². The van der Waals surface area contributed by atoms with Crippen LogP contribution in [0.5, 0.6) is 0 Å². The Labute approximate surface area is 480 Å². The van der Waals surface area contributed by atoms with Gasteiger partial charge in [-0.3, -0.25) is 0 Å². The van der Waals surface area contributed by atoms with E-state index in [0.29, 0.717) is 0 Å². The highest BCUT2D eigenvalue weighted by Gasteiger charge is 2.36. The predicted molar refractivity (Wildman–Crippen MR) is 312 cm³/mol. The predicted octanol–water partition coefficient (Wildman–Crippen LogP) is 5.59. The molecule has 1 N–H and O–H groups in total. The molecule has 7 rings (SSSR count). The van der Waals surface area contributed by atoms with E-state index in [1.165, 1.54) is 72.8 Å². The van der Waals surface area contributed by atoms with Crippen molar-refractivity contribution < 1.29 is 50.5 Å². The maximum absolute atomic E-state index is 15.0. The fourth-order valence-electron chi connectivity index (χ4n) is 8.92. The van der Waals surface area contributed by atoms with E-state index < -0.39 is 126 Å². The van der Waals surface area contributed by atoms with Crippen LogP contribution in [0.2, 0.25) is 0 Å². The maximum atomic E-state index is 15.0. The van der Waals surface area contributed by atoms with E-state index in [-0.39, 0.29) is 55.6 Å². The summed E-state index contributed by atoms with van der Waals surface area (Å²) in [6.45, 7) is 4.98. The van der Waals surface area contributed by atoms with Crippen LogP contribution in [0.1, 0.15) is 33.4 Å². The monoisotopic (exact) mass is 1230 g/mol. The van der Waals surface area contributed by atoms with Crippen LogP contribution in [-0.2, 0) is 60.1 Å². The van der Waals surface area contributed by atoms with Crippen LogP contribution in [-0.4, -0.2) is 168 Å². The minimum atomic E-state index is -4.58. The normalized spacial score (nSPS) is 17.6. The van der Waals surface area contributed by atoms with Crippen molar-refractivity contribution in [2.45, 2.75) is 70.9 Å². The van der Waals surface area contributed by atoms with Crippen molar-refractivity contribution in [3.8, 4) is 0 Å². The summed E-state index contributed by atoms with van der Waals surface area (Å²) in [5.41, 5.74) is 4.56. The molecular formula is C56H71N7O12S6. The number of aryl methyl sites for hydroxylation is 6. The summed E-state index contributed by atoms with van der Waals surface area (Å²) in [7, 11) is -26.9. The second-order valence-corrected chi connectivity index (χ2v) is 31.7. The summed E-state index contributed by atoms with van der Waals surface area (Å²) in [4.78, 5) is -0.801. The molecule has 0 spiro atoms. The molecule has 0 amide bonds. The van der Waals surface area contributed by atoms with Gasteiger partial charge in [0.1, 0.15) is 0 Å². The number of nitrogens with one attached hydrogen (secondary N) is 1. The van der Waals surface area contributed by atoms with Crippen LogP contribution in [0.3, 0.4) is 0 Å². The van der Waals surface area contributed by atoms with E-state index in [1.54, 1.807) is 114 Å². The Hall–Kier alpha value is -5.26. The van der Waals surface area contributed by atoms with Gasteiger partial charge in [0.05, 0.1) is 29.4 Å². The third-order valence-electron chi connectivity index (χ3n) is 14.0. The highest BCUT2D eigenvalue weighted by atomic mass is 32.2. The Morgan fingerprint density at radius 2 is 0.346 bits per heavy atom. The molecule has 0 atom stereocenters. The number of nitrogens with zero attached hydrogens (tertiary/aromatic N) is 6. The summed E-state index contributed by atoms with van der Waals surface area (Å²) in [5, 5.41) is 3.15. The Morgan fingerprint density at radius 3 is 0.481 bits per heavy atom. The summed E-state index contributed by atoms with van der Waals surface area (Å²) in [5.74, 6) is 0. The quantitative estimate of drug-likeness (QED) is 0.158. The van der Waals surface area contributed by atoms with Crippen molar-refractivity contribution >= 4 is 60.1 Å². The van der Waals surface area contributed by atoms with E-state index in [0.717, 1.165) is 59.2 Å². The first-order chi connectivity index (χ1) is 38.1. The van der Waals surface area contributed by atoms with Gasteiger partial charge in [-0.25, -0.2) is 50.5 Å². The Balaban J connectivity index is 1.38. The lowest BCUT2D eigenvalue weighted by Gasteiger charge is -2.31. The van der Waals surface area contributed by atoms with Gasteiger partial charge in [0, 0.05) is 91.6 Å². The molecule has 0 aromatic heterocycles. The van der Waals surface area contributed by atoms with Gasteiger partial charge in [0.15, 0.2) is 0 Å². The van der Waals surface area contributed by atoms with Crippen LogP contribution in [0, 0.1) is 41.5 Å². The van der Waals surface area contributed by atoms with Gasteiger partial charge in [0.2, 0.25) is 60.1 Å². The van der Waals surface area contributed by atoms with Gasteiger partial charge in [-0.2, -0.15) is 25.8 Å². The number of rotatable bonds is 12. The molecular weight excluding hydrogens is 1160 g/mol. The summed E-state index contributed by atoms with van der Waals surface area (Å²) < 4.78 is 184. The average molecular weight is 1230 g/mol. The molecule has 1 aliphatic heterocycles. The molecule has 1 fully saturated rings. The zero-order chi connectivity index (χ0) is 59.0. The first-order valence-electron chi connectivity index (χ1n) is 26.3. The van der Waals surface area contributed by atoms with Gasteiger partial charge in [-0.1, -0.05) is 106 Å². The van der Waals surface area contributed by atoms with E-state index in [4.69, 9.17) is 0 Å². The molecule has 0 saturated carbocycles. The van der Waals surface area contributed by atoms with Crippen LogP contribution in [0.15, 0.2) is 175 Å². The van der Waals surface area contributed by atoms with Gasteiger partial charge in [0.25, 0.3) is 0 Å². The topological polar surface area (TPSA) is 236 Å². The molecule has 0 aliphatic carbocycles. The zero-order valence-corrected chi connectivity index (χ0v) is 51.2. The van der Waals surface area contributed by atoms with E-state index in [1.807, 2.05) is 0 Å². The van der Waals surface area contributed by atoms with E-state index >= 15 is 0 Å². The van der Waals surface area contributed by atoms with Crippen molar-refractivity contribution in [1.29, 1.82) is 0 Å². The molecule has 0 bridgehead atoms. The van der Waals surface area contributed by atoms with Crippen LogP contribution in [0.25, 0.3) is 0 Å². The molecule has 0 radical (unpaired) electrons. The van der Waals surface area contributed by atoms with E-state index in [9.17, 15) is 50.5 Å². The first-order valence-corrected chi connectivity index (χ1v) is 34.9. The number of hydrogen-bond donors (Lipinski definition) is 1. The van der Waals surface area contributed by atoms with Crippen LogP contribution >= 0.6 is 0 Å². The summed E-state index contributed by atoms with van der Waals surface area (Å²) >= 11 is 0. The Morgan fingerprint density at radius 1 is 0.222 bits per heavy atom. The summed E-state index contributed by atoms with van der Waals surface area (Å²) in [6.07, 6.45) is 0. The van der Waals surface area contributed by atoms with E-state index in [2.05, 4.69) is 5.32 Å². The fourth-order valence-corrected chi connectivity index (χ4v) is 17.5. The lowest BCUT2D eigenvalue weighted by atomic mass is 10.2. The minimum absolute atomic E-state index is 0.0595. The van der Waals surface area contributed by atoms with Crippen molar-refractivity contribution in [3.05, 3.63) is 179 Å². The van der Waals surface area contributed by atoms with Crippen molar-refractivity contribution in [2.24, 2.45) is 0 Å². The lowest BCUT2D eigenvalue weighted by Crippen LogP contribution is -2.48. The van der Waals surface area contributed by atoms with Gasteiger partial charge in [-0.05, 0) is 114 Å². The lowest BCUT2D eigenvalue weighted by molar-refractivity contribution is 0.290. The first kappa shape index (κ1) is 63.3. The second kappa shape index (κ2) is 26.5. The molecule has 6 aromatic rings. The Kier molecular flexibility index (Phi) is 20.7. The van der Waals surface area contributed by atoms with Gasteiger partial charge < -0.3 is 5.32 Å². The van der Waals surface area contributed by atoms with Crippen molar-refractivity contribution in [2.75, 3.05) is 91.6 Å². The van der Waals surface area contributed by atoms with Crippen LogP contribution in [0.4, 0.5) is 0 Å². The highest BCUT2D eigenvalue weighted by molar-refractivity contribution is 7.90. The smallest absolute Gasteiger partial charge is 0.243 e. The summed E-state index contributed by atoms with van der Waals surface area (Å²) in [6, 6.07) is 36.1. The van der Waals surface area contributed by atoms with Crippen LogP contribution < -0.4 is 5.32 Å². The maximum Gasteiger partial charge on any atom is 0.243 e. The fraction of sp³-hybridized carbons (Fsp3) is 0.357. The molecule has 438 valence electrons. The third kappa shape index (κ3) is 15.5. The van der Waals surface area contributed by atoms with Crippen molar-refractivity contribution in [1.82, 2.24) is 31.1 Å². The molecule has 1 saturated heterocycles.